The molecule has 6 heteroatoms. The van der Waals surface area contributed by atoms with Gasteiger partial charge in [-0.25, -0.2) is 4.98 Å². The maximum Gasteiger partial charge on any atom is 0.256 e. The number of aryl methyl sites for hydroxylation is 2. The number of anilines is 1. The van der Waals surface area contributed by atoms with Crippen LogP contribution in [0.4, 0.5) is 5.69 Å². The van der Waals surface area contributed by atoms with Gasteiger partial charge in [-0.1, -0.05) is 26.0 Å². The smallest absolute Gasteiger partial charge is 0.256 e. The Morgan fingerprint density at radius 3 is 2.67 bits per heavy atom. The summed E-state index contributed by atoms with van der Waals surface area (Å²) in [4.78, 5) is 17.6. The van der Waals surface area contributed by atoms with Gasteiger partial charge in [-0.05, 0) is 53.6 Å². The highest BCUT2D eigenvalue weighted by Crippen LogP contribution is 2.26. The van der Waals surface area contributed by atoms with E-state index in [1.165, 1.54) is 0 Å². The molecule has 2 aromatic heterocycles. The van der Waals surface area contributed by atoms with Gasteiger partial charge in [0, 0.05) is 16.3 Å². The van der Waals surface area contributed by atoms with Gasteiger partial charge in [0.15, 0.2) is 5.65 Å². The van der Waals surface area contributed by atoms with Crippen molar-refractivity contribution in [3.05, 3.63) is 50.9 Å². The van der Waals surface area contributed by atoms with Gasteiger partial charge in [-0.3, -0.25) is 9.48 Å². The number of carbonyl (C=O) groups is 1. The summed E-state index contributed by atoms with van der Waals surface area (Å²) in [5.74, 6) is 0.0949. The summed E-state index contributed by atoms with van der Waals surface area (Å²) in [6.45, 7) is 6.04. The van der Waals surface area contributed by atoms with Crippen molar-refractivity contribution in [2.24, 2.45) is 7.05 Å². The van der Waals surface area contributed by atoms with Crippen molar-refractivity contribution in [3.63, 3.8) is 0 Å². The Morgan fingerprint density at radius 1 is 1.29 bits per heavy atom. The van der Waals surface area contributed by atoms with Crippen LogP contribution in [0.5, 0.6) is 0 Å². The number of nitrogens with zero attached hydrogens (tertiary/aromatic N) is 3. The minimum atomic E-state index is -0.135. The number of rotatable bonds is 3. The van der Waals surface area contributed by atoms with E-state index in [4.69, 9.17) is 0 Å². The van der Waals surface area contributed by atoms with Gasteiger partial charge in [-0.15, -0.1) is 0 Å². The van der Waals surface area contributed by atoms with Crippen molar-refractivity contribution in [3.8, 4) is 0 Å². The summed E-state index contributed by atoms with van der Waals surface area (Å²) < 4.78 is 2.74. The second-order valence-electron chi connectivity index (χ2n) is 6.09. The Bertz CT molecular complexity index is 930. The fraction of sp³-hybridized carbons (Fsp3) is 0.278. The molecule has 0 atom stereocenters. The summed E-state index contributed by atoms with van der Waals surface area (Å²) in [6.07, 6.45) is 0. The molecule has 2 heterocycles. The van der Waals surface area contributed by atoms with Crippen LogP contribution in [0, 0.1) is 10.5 Å². The first-order valence-corrected chi connectivity index (χ1v) is 8.86. The molecule has 0 aliphatic heterocycles. The van der Waals surface area contributed by atoms with E-state index in [0.29, 0.717) is 5.56 Å². The number of para-hydroxylation sites is 1. The SMILES string of the molecule is Cc1nn(C)c2nc(C(C)C)cc(C(=O)Nc3ccccc3I)c12. The number of aromatic nitrogens is 3. The van der Waals surface area contributed by atoms with Crippen molar-refractivity contribution in [1.82, 2.24) is 14.8 Å². The van der Waals surface area contributed by atoms with Crippen molar-refractivity contribution in [1.29, 1.82) is 0 Å². The van der Waals surface area contributed by atoms with Crippen LogP contribution in [0.25, 0.3) is 11.0 Å². The molecule has 0 saturated heterocycles. The molecule has 0 radical (unpaired) electrons. The minimum Gasteiger partial charge on any atom is -0.321 e. The van der Waals surface area contributed by atoms with Gasteiger partial charge in [0.1, 0.15) is 0 Å². The fourth-order valence-electron chi connectivity index (χ4n) is 2.69. The van der Waals surface area contributed by atoms with Crippen LogP contribution >= 0.6 is 22.6 Å². The third kappa shape index (κ3) is 3.02. The van der Waals surface area contributed by atoms with E-state index in [9.17, 15) is 4.79 Å². The molecule has 124 valence electrons. The predicted molar refractivity (Wildman–Crippen MR) is 104 cm³/mol. The number of benzene rings is 1. The first-order chi connectivity index (χ1) is 11.4. The lowest BCUT2D eigenvalue weighted by Crippen LogP contribution is -2.14. The Balaban J connectivity index is 2.13. The lowest BCUT2D eigenvalue weighted by molar-refractivity contribution is 0.102. The van der Waals surface area contributed by atoms with Crippen molar-refractivity contribution < 1.29 is 4.79 Å². The molecular formula is C18H19IN4O. The molecule has 0 saturated carbocycles. The lowest BCUT2D eigenvalue weighted by Gasteiger charge is -2.11. The van der Waals surface area contributed by atoms with E-state index >= 15 is 0 Å². The van der Waals surface area contributed by atoms with Crippen LogP contribution in [0.1, 0.15) is 41.5 Å². The molecule has 0 aliphatic carbocycles. The molecule has 0 aliphatic rings. The predicted octanol–water partition coefficient (Wildman–Crippen LogP) is 4.26. The summed E-state index contributed by atoms with van der Waals surface area (Å²) in [5.41, 5.74) is 3.86. The summed E-state index contributed by atoms with van der Waals surface area (Å²) in [5, 5.41) is 8.25. The molecule has 0 bridgehead atoms. The number of nitrogens with one attached hydrogen (secondary N) is 1. The molecule has 24 heavy (non-hydrogen) atoms. The highest BCUT2D eigenvalue weighted by atomic mass is 127. The van der Waals surface area contributed by atoms with Crippen LogP contribution in [0.3, 0.4) is 0 Å². The Labute approximate surface area is 154 Å². The highest BCUT2D eigenvalue weighted by molar-refractivity contribution is 14.1. The van der Waals surface area contributed by atoms with E-state index in [1.807, 2.05) is 44.3 Å². The lowest BCUT2D eigenvalue weighted by atomic mass is 10.0. The highest BCUT2D eigenvalue weighted by Gasteiger charge is 2.20. The molecule has 1 aromatic carbocycles. The zero-order valence-corrected chi connectivity index (χ0v) is 16.2. The normalized spacial score (nSPS) is 11.2. The van der Waals surface area contributed by atoms with E-state index in [-0.39, 0.29) is 11.8 Å². The van der Waals surface area contributed by atoms with Crippen molar-refractivity contribution in [2.45, 2.75) is 26.7 Å². The Kier molecular flexibility index (Phi) is 4.58. The third-order valence-corrected chi connectivity index (χ3v) is 4.89. The van der Waals surface area contributed by atoms with Crippen LogP contribution < -0.4 is 5.32 Å². The number of pyridine rings is 1. The molecule has 0 fully saturated rings. The molecular weight excluding hydrogens is 415 g/mol. The topological polar surface area (TPSA) is 59.8 Å². The maximum atomic E-state index is 12.9. The largest absolute Gasteiger partial charge is 0.321 e. The van der Waals surface area contributed by atoms with Crippen LogP contribution in [0.2, 0.25) is 0 Å². The number of hydrogen-bond acceptors (Lipinski definition) is 3. The maximum absolute atomic E-state index is 12.9. The number of carbonyl (C=O) groups excluding carboxylic acids is 1. The first kappa shape index (κ1) is 16.9. The number of halogens is 1. The first-order valence-electron chi connectivity index (χ1n) is 7.78. The van der Waals surface area contributed by atoms with Gasteiger partial charge >= 0.3 is 0 Å². The quantitative estimate of drug-likeness (QED) is 0.627. The van der Waals surface area contributed by atoms with Gasteiger partial charge < -0.3 is 5.32 Å². The molecule has 0 spiro atoms. The molecule has 1 amide bonds. The Morgan fingerprint density at radius 2 is 2.00 bits per heavy atom. The standard InChI is InChI=1S/C18H19IN4O/c1-10(2)15-9-12(16-11(3)22-23(4)17(16)20-15)18(24)21-14-8-6-5-7-13(14)19/h5-10H,1-4H3,(H,21,24). The molecule has 1 N–H and O–H groups in total. The average Bonchev–Trinajstić information content (AvgIpc) is 2.83. The summed E-state index contributed by atoms with van der Waals surface area (Å²) in [6, 6.07) is 9.61. The monoisotopic (exact) mass is 434 g/mol. The van der Waals surface area contributed by atoms with Crippen LogP contribution in [0.15, 0.2) is 30.3 Å². The Hall–Kier alpha value is -1.96. The summed E-state index contributed by atoms with van der Waals surface area (Å²) in [7, 11) is 1.86. The summed E-state index contributed by atoms with van der Waals surface area (Å²) >= 11 is 2.22. The average molecular weight is 434 g/mol. The van der Waals surface area contributed by atoms with Gasteiger partial charge in [0.2, 0.25) is 0 Å². The number of fused-ring (bicyclic) bond motifs is 1. The van der Waals surface area contributed by atoms with Gasteiger partial charge in [0.05, 0.1) is 22.3 Å². The van der Waals surface area contributed by atoms with Gasteiger partial charge in [-0.2, -0.15) is 5.10 Å². The van der Waals surface area contributed by atoms with Crippen molar-refractivity contribution in [2.75, 3.05) is 5.32 Å². The number of amides is 1. The molecule has 0 unspecified atom stereocenters. The third-order valence-electron chi connectivity index (χ3n) is 3.95. The molecule has 3 aromatic rings. The number of hydrogen-bond donors (Lipinski definition) is 1. The minimum absolute atomic E-state index is 0.135. The van der Waals surface area contributed by atoms with Crippen LogP contribution in [-0.4, -0.2) is 20.7 Å². The molecule has 3 rings (SSSR count). The van der Waals surface area contributed by atoms with E-state index in [2.05, 4.69) is 51.8 Å². The van der Waals surface area contributed by atoms with Crippen LogP contribution in [-0.2, 0) is 7.05 Å². The second-order valence-corrected chi connectivity index (χ2v) is 7.25. The van der Waals surface area contributed by atoms with E-state index in [1.54, 1.807) is 4.68 Å². The zero-order valence-electron chi connectivity index (χ0n) is 14.1. The zero-order chi connectivity index (χ0) is 17.4. The molecule has 5 nitrogen and oxygen atoms in total. The second kappa shape index (κ2) is 6.51. The van der Waals surface area contributed by atoms with E-state index in [0.717, 1.165) is 31.7 Å². The van der Waals surface area contributed by atoms with Gasteiger partial charge in [0.25, 0.3) is 5.91 Å². The van der Waals surface area contributed by atoms with E-state index < -0.39 is 0 Å². The van der Waals surface area contributed by atoms with Crippen molar-refractivity contribution >= 4 is 45.2 Å². The fourth-order valence-corrected chi connectivity index (χ4v) is 3.21.